The Bertz CT molecular complexity index is 1140. The number of hydrogen-bond acceptors (Lipinski definition) is 4. The minimum Gasteiger partial charge on any atom is -0.494 e. The van der Waals surface area contributed by atoms with Crippen molar-refractivity contribution in [2.75, 3.05) is 7.11 Å². The Balaban J connectivity index is 1.58. The second-order valence-corrected chi connectivity index (χ2v) is 6.14. The van der Waals surface area contributed by atoms with Crippen LogP contribution in [0.15, 0.2) is 67.0 Å². The lowest BCUT2D eigenvalue weighted by Gasteiger charge is -2.07. The average molecular weight is 376 g/mol. The lowest BCUT2D eigenvalue weighted by molar-refractivity contribution is 0.0952. The summed E-state index contributed by atoms with van der Waals surface area (Å²) in [5.74, 6) is -0.640. The van der Waals surface area contributed by atoms with Gasteiger partial charge in [0.1, 0.15) is 5.56 Å². The summed E-state index contributed by atoms with van der Waals surface area (Å²) in [6, 6.07) is 16.1. The number of halogens is 1. The van der Waals surface area contributed by atoms with Gasteiger partial charge in [0, 0.05) is 18.3 Å². The van der Waals surface area contributed by atoms with Crippen LogP contribution >= 0.6 is 0 Å². The van der Waals surface area contributed by atoms with Gasteiger partial charge in [-0.3, -0.25) is 4.79 Å². The van der Waals surface area contributed by atoms with Crippen molar-refractivity contribution in [3.63, 3.8) is 0 Å². The van der Waals surface area contributed by atoms with Crippen LogP contribution in [0, 0.1) is 5.82 Å². The fraction of sp³-hybridized carbons (Fsp3) is 0.0952. The number of nitrogens with zero attached hydrogens (tertiary/aromatic N) is 3. The van der Waals surface area contributed by atoms with Crippen LogP contribution in [0.25, 0.3) is 16.9 Å². The van der Waals surface area contributed by atoms with E-state index in [2.05, 4.69) is 15.4 Å². The van der Waals surface area contributed by atoms with Crippen molar-refractivity contribution in [3.05, 3.63) is 83.9 Å². The van der Waals surface area contributed by atoms with E-state index in [1.54, 1.807) is 16.8 Å². The number of carbonyl (C=O) groups excluding carboxylic acids is 1. The van der Waals surface area contributed by atoms with Gasteiger partial charge in [-0.2, -0.15) is 5.10 Å². The van der Waals surface area contributed by atoms with Crippen LogP contribution in [0.4, 0.5) is 4.39 Å². The number of benzene rings is 2. The lowest BCUT2D eigenvalue weighted by Crippen LogP contribution is -2.23. The van der Waals surface area contributed by atoms with Crippen LogP contribution in [0.2, 0.25) is 0 Å². The highest BCUT2D eigenvalue weighted by atomic mass is 19.1. The van der Waals surface area contributed by atoms with E-state index in [0.717, 1.165) is 11.3 Å². The third kappa shape index (κ3) is 3.29. The van der Waals surface area contributed by atoms with Crippen molar-refractivity contribution in [1.82, 2.24) is 19.9 Å². The summed E-state index contributed by atoms with van der Waals surface area (Å²) in [5.41, 5.74) is 3.24. The molecule has 0 saturated carbocycles. The molecular weight excluding hydrogens is 359 g/mol. The van der Waals surface area contributed by atoms with Gasteiger partial charge in [-0.15, -0.1) is 0 Å². The number of fused-ring (bicyclic) bond motifs is 1. The maximum atomic E-state index is 13.8. The van der Waals surface area contributed by atoms with Crippen molar-refractivity contribution in [2.45, 2.75) is 6.54 Å². The number of hydrogen-bond donors (Lipinski definition) is 1. The minimum atomic E-state index is -0.473. The first-order valence-electron chi connectivity index (χ1n) is 8.66. The van der Waals surface area contributed by atoms with E-state index < -0.39 is 5.82 Å². The third-order valence-electron chi connectivity index (χ3n) is 4.38. The van der Waals surface area contributed by atoms with Gasteiger partial charge < -0.3 is 10.1 Å². The molecule has 1 amide bonds. The van der Waals surface area contributed by atoms with Crippen LogP contribution in [-0.2, 0) is 6.54 Å². The fourth-order valence-electron chi connectivity index (χ4n) is 2.98. The number of carbonyl (C=O) groups is 1. The second-order valence-electron chi connectivity index (χ2n) is 6.14. The van der Waals surface area contributed by atoms with Crippen LogP contribution in [0.5, 0.6) is 5.75 Å². The van der Waals surface area contributed by atoms with E-state index >= 15 is 0 Å². The number of nitrogens with one attached hydrogen (secondary N) is 1. The maximum absolute atomic E-state index is 13.8. The molecule has 0 aliphatic rings. The van der Waals surface area contributed by atoms with Gasteiger partial charge in [-0.05, 0) is 23.8 Å². The van der Waals surface area contributed by atoms with E-state index in [4.69, 9.17) is 4.74 Å². The molecule has 0 bridgehead atoms. The molecule has 0 saturated heterocycles. The number of rotatable bonds is 5. The molecule has 140 valence electrons. The van der Waals surface area contributed by atoms with E-state index in [-0.39, 0.29) is 18.2 Å². The SMILES string of the molecule is COc1ccc(CNC(=O)c2cnn3c(-c4ccccc4)ccnc23)cc1F. The predicted molar refractivity (Wildman–Crippen MR) is 103 cm³/mol. The van der Waals surface area contributed by atoms with Crippen molar-refractivity contribution < 1.29 is 13.9 Å². The molecule has 0 aliphatic carbocycles. The van der Waals surface area contributed by atoms with E-state index in [1.807, 2.05) is 36.4 Å². The van der Waals surface area contributed by atoms with Crippen molar-refractivity contribution in [2.24, 2.45) is 0 Å². The molecule has 0 radical (unpaired) electrons. The zero-order chi connectivity index (χ0) is 19.5. The van der Waals surface area contributed by atoms with Crippen LogP contribution < -0.4 is 10.1 Å². The Morgan fingerprint density at radius 3 is 2.75 bits per heavy atom. The number of amides is 1. The monoisotopic (exact) mass is 376 g/mol. The zero-order valence-electron chi connectivity index (χ0n) is 15.1. The first-order chi connectivity index (χ1) is 13.7. The highest BCUT2D eigenvalue weighted by Crippen LogP contribution is 2.21. The summed E-state index contributed by atoms with van der Waals surface area (Å²) < 4.78 is 20.3. The van der Waals surface area contributed by atoms with E-state index in [0.29, 0.717) is 16.8 Å². The Hall–Kier alpha value is -3.74. The highest BCUT2D eigenvalue weighted by Gasteiger charge is 2.16. The largest absolute Gasteiger partial charge is 0.494 e. The van der Waals surface area contributed by atoms with Crippen molar-refractivity contribution in [1.29, 1.82) is 0 Å². The summed E-state index contributed by atoms with van der Waals surface area (Å²) in [6.07, 6.45) is 3.13. The summed E-state index contributed by atoms with van der Waals surface area (Å²) >= 11 is 0. The van der Waals surface area contributed by atoms with Crippen LogP contribution in [0.3, 0.4) is 0 Å². The minimum absolute atomic E-state index is 0.162. The van der Waals surface area contributed by atoms with Crippen LogP contribution in [0.1, 0.15) is 15.9 Å². The van der Waals surface area contributed by atoms with Gasteiger partial charge in [0.25, 0.3) is 5.91 Å². The Morgan fingerprint density at radius 2 is 2.00 bits per heavy atom. The molecule has 7 heteroatoms. The normalized spacial score (nSPS) is 10.8. The second kappa shape index (κ2) is 7.48. The Morgan fingerprint density at radius 1 is 1.18 bits per heavy atom. The molecule has 6 nitrogen and oxygen atoms in total. The molecule has 4 aromatic rings. The van der Waals surface area contributed by atoms with Gasteiger partial charge in [0.05, 0.1) is 19.0 Å². The molecular formula is C21H17FN4O2. The molecule has 0 spiro atoms. The summed E-state index contributed by atoms with van der Waals surface area (Å²) in [7, 11) is 1.40. The van der Waals surface area contributed by atoms with Gasteiger partial charge in [-0.1, -0.05) is 36.4 Å². The standard InChI is InChI=1S/C21H17FN4O2/c1-28-19-8-7-14(11-17(19)22)12-24-21(27)16-13-25-26-18(9-10-23-20(16)26)15-5-3-2-4-6-15/h2-11,13H,12H2,1H3,(H,24,27). The first kappa shape index (κ1) is 17.7. The predicted octanol–water partition coefficient (Wildman–Crippen LogP) is 3.47. The average Bonchev–Trinajstić information content (AvgIpc) is 3.17. The van der Waals surface area contributed by atoms with Crippen molar-refractivity contribution >= 4 is 11.6 Å². The third-order valence-corrected chi connectivity index (χ3v) is 4.38. The molecule has 2 heterocycles. The smallest absolute Gasteiger partial charge is 0.257 e. The molecule has 4 rings (SSSR count). The number of ether oxygens (including phenoxy) is 1. The Labute approximate surface area is 160 Å². The van der Waals surface area contributed by atoms with E-state index in [9.17, 15) is 9.18 Å². The number of aromatic nitrogens is 3. The topological polar surface area (TPSA) is 68.5 Å². The molecule has 0 unspecified atom stereocenters. The summed E-state index contributed by atoms with van der Waals surface area (Å²) in [5, 5.41) is 7.10. The Kier molecular flexibility index (Phi) is 4.72. The van der Waals surface area contributed by atoms with Gasteiger partial charge in [-0.25, -0.2) is 13.9 Å². The molecule has 0 aliphatic heterocycles. The maximum Gasteiger partial charge on any atom is 0.257 e. The highest BCUT2D eigenvalue weighted by molar-refractivity contribution is 5.99. The molecule has 0 atom stereocenters. The molecule has 1 N–H and O–H groups in total. The molecule has 2 aromatic heterocycles. The molecule has 28 heavy (non-hydrogen) atoms. The quantitative estimate of drug-likeness (QED) is 0.579. The number of methoxy groups -OCH3 is 1. The van der Waals surface area contributed by atoms with Gasteiger partial charge in [0.15, 0.2) is 17.2 Å². The fourth-order valence-corrected chi connectivity index (χ4v) is 2.98. The first-order valence-corrected chi connectivity index (χ1v) is 8.66. The van der Waals surface area contributed by atoms with Crippen molar-refractivity contribution in [3.8, 4) is 17.0 Å². The zero-order valence-corrected chi connectivity index (χ0v) is 15.1. The molecule has 0 fully saturated rings. The summed E-state index contributed by atoms with van der Waals surface area (Å²) in [6.45, 7) is 0.176. The molecule has 2 aromatic carbocycles. The lowest BCUT2D eigenvalue weighted by atomic mass is 10.1. The van der Waals surface area contributed by atoms with Gasteiger partial charge >= 0.3 is 0 Å². The van der Waals surface area contributed by atoms with Crippen LogP contribution in [-0.4, -0.2) is 27.6 Å². The summed E-state index contributed by atoms with van der Waals surface area (Å²) in [4.78, 5) is 16.9. The van der Waals surface area contributed by atoms with E-state index in [1.165, 1.54) is 25.4 Å². The van der Waals surface area contributed by atoms with Gasteiger partial charge in [0.2, 0.25) is 0 Å².